The molecule has 0 aromatic carbocycles. The Bertz CT molecular complexity index is 109. The third kappa shape index (κ3) is 8.57. The predicted molar refractivity (Wildman–Crippen MR) is 30.7 cm³/mol. The molecule has 56 valence electrons. The minimum Gasteiger partial charge on any atom is -1.00 e. The van der Waals surface area contributed by atoms with Crippen LogP contribution in [0.15, 0.2) is 0 Å². The Labute approximate surface area is 82.2 Å². The van der Waals surface area contributed by atoms with E-state index in [1.165, 1.54) is 0 Å². The van der Waals surface area contributed by atoms with E-state index >= 15 is 0 Å². The third-order valence-corrected chi connectivity index (χ3v) is 1.48. The molecule has 0 bridgehead atoms. The van der Waals surface area contributed by atoms with Crippen molar-refractivity contribution in [2.24, 2.45) is 0 Å². The van der Waals surface area contributed by atoms with Gasteiger partial charge < -0.3 is 17.0 Å². The molecule has 2 nitrogen and oxygen atoms in total. The summed E-state index contributed by atoms with van der Waals surface area (Å²) < 4.78 is 4.98. The fraction of sp³-hybridized carbons (Fsp3) is 0.833. The van der Waals surface area contributed by atoms with Crippen LogP contribution < -0.4 is 17.0 Å². The largest absolute Gasteiger partial charge is 1.00 e. The van der Waals surface area contributed by atoms with Crippen molar-refractivity contribution >= 4 is 5.97 Å². The second-order valence-electron chi connectivity index (χ2n) is 2.84. The van der Waals surface area contributed by atoms with Crippen LogP contribution >= 0.6 is 0 Å². The molecule has 0 aliphatic rings. The molecule has 0 aliphatic carbocycles. The first-order chi connectivity index (χ1) is 3.95. The van der Waals surface area contributed by atoms with E-state index in [1.807, 2.05) is 20.8 Å². The van der Waals surface area contributed by atoms with Gasteiger partial charge in [-0.15, -0.1) is 0 Å². The van der Waals surface area contributed by atoms with Gasteiger partial charge in [-0.3, -0.25) is 0 Å². The van der Waals surface area contributed by atoms with E-state index in [0.29, 0.717) is 5.02 Å². The van der Waals surface area contributed by atoms with Crippen LogP contribution in [-0.2, 0) is 27.8 Å². The molecule has 0 unspecified atom stereocenters. The summed E-state index contributed by atoms with van der Waals surface area (Å²) in [4.78, 5) is 10.6. The van der Waals surface area contributed by atoms with Crippen LogP contribution in [0.2, 0.25) is 5.02 Å². The van der Waals surface area contributed by atoms with Gasteiger partial charge in [0, 0.05) is 0 Å². The van der Waals surface area contributed by atoms with Crippen LogP contribution in [0, 0.1) is 0 Å². The van der Waals surface area contributed by atoms with Gasteiger partial charge in [-0.25, -0.2) is 0 Å². The van der Waals surface area contributed by atoms with Gasteiger partial charge in [-0.2, -0.15) is 0 Å². The molecule has 0 saturated heterocycles. The van der Waals surface area contributed by atoms with E-state index in [-0.39, 0.29) is 28.6 Å². The van der Waals surface area contributed by atoms with E-state index in [9.17, 15) is 4.79 Å². The Morgan fingerprint density at radius 1 is 1.50 bits per heavy atom. The summed E-state index contributed by atoms with van der Waals surface area (Å²) in [6.07, 6.45) is 0. The van der Waals surface area contributed by atoms with Crippen molar-refractivity contribution in [2.75, 3.05) is 0 Å². The summed E-state index contributed by atoms with van der Waals surface area (Å²) in [7, 11) is 0. The maximum Gasteiger partial charge on any atom is -1.00 e. The number of esters is 1. The number of carbonyl (C=O) groups excluding carboxylic acids is 1. The summed E-state index contributed by atoms with van der Waals surface area (Å²) in [6.45, 7) is 5.63. The summed E-state index contributed by atoms with van der Waals surface area (Å²) in [5.74, 6) is -0.0810. The van der Waals surface area contributed by atoms with Crippen molar-refractivity contribution in [1.82, 2.24) is 0 Å². The molecule has 4 heteroatoms. The van der Waals surface area contributed by atoms with Crippen LogP contribution in [0.25, 0.3) is 0 Å². The summed E-state index contributed by atoms with van der Waals surface area (Å²) in [5.41, 5.74) is -0.306. The Morgan fingerprint density at radius 2 is 1.90 bits per heavy atom. The zero-order valence-electron chi connectivity index (χ0n) is 6.61. The summed E-state index contributed by atoms with van der Waals surface area (Å²) in [5, 5.41) is 0.581. The van der Waals surface area contributed by atoms with Gasteiger partial charge in [0.2, 0.25) is 0 Å². The molecule has 0 amide bonds. The van der Waals surface area contributed by atoms with E-state index in [1.54, 1.807) is 0 Å². The number of ether oxygens (including phenoxy) is 1. The first kappa shape index (κ1) is 13.2. The Morgan fingerprint density at radius 3 is 2.00 bits per heavy atom. The van der Waals surface area contributed by atoms with Gasteiger partial charge in [-0.1, -0.05) is 0 Å². The van der Waals surface area contributed by atoms with Crippen molar-refractivity contribution in [3.05, 3.63) is 0 Å². The first-order valence-corrected chi connectivity index (χ1v) is 5.06. The maximum absolute atomic E-state index is 10.6. The van der Waals surface area contributed by atoms with Crippen LogP contribution in [0.5, 0.6) is 0 Å². The Balaban J connectivity index is 0. The number of carbonyl (C=O) groups is 1. The molecular formula is C6H11BrO2Zn. The molecule has 0 fully saturated rings. The van der Waals surface area contributed by atoms with Crippen molar-refractivity contribution in [1.29, 1.82) is 0 Å². The molecule has 0 N–H and O–H groups in total. The van der Waals surface area contributed by atoms with Gasteiger partial charge in [0.05, 0.1) is 0 Å². The van der Waals surface area contributed by atoms with Crippen molar-refractivity contribution in [2.45, 2.75) is 31.4 Å². The molecule has 0 aromatic heterocycles. The van der Waals surface area contributed by atoms with Crippen molar-refractivity contribution in [3.8, 4) is 0 Å². The summed E-state index contributed by atoms with van der Waals surface area (Å²) in [6, 6.07) is 0. The van der Waals surface area contributed by atoms with E-state index < -0.39 is 0 Å². The smallest absolute Gasteiger partial charge is 1.00 e. The maximum atomic E-state index is 10.6. The monoisotopic (exact) mass is 258 g/mol. The van der Waals surface area contributed by atoms with E-state index in [4.69, 9.17) is 4.74 Å². The van der Waals surface area contributed by atoms with E-state index in [0.717, 1.165) is 18.3 Å². The molecule has 0 radical (unpaired) electrons. The minimum absolute atomic E-state index is 0. The molecule has 0 spiro atoms. The summed E-state index contributed by atoms with van der Waals surface area (Å²) >= 11 is 0.981. The SMILES string of the molecule is CC(C)(C)OC(=O)[CH2][Zn+].[Br-]. The molecule has 0 saturated carbocycles. The standard InChI is InChI=1S/C6H11O2.BrH.Zn/c1-5(7)8-6(2,3)4;;/h1H2,2-4H3;1H;/q;;+1/p-1. The van der Waals surface area contributed by atoms with Gasteiger partial charge in [-0.05, 0) is 0 Å². The average molecular weight is 260 g/mol. The van der Waals surface area contributed by atoms with Gasteiger partial charge in [0.15, 0.2) is 0 Å². The second kappa shape index (κ2) is 5.25. The molecule has 10 heavy (non-hydrogen) atoms. The van der Waals surface area contributed by atoms with Crippen molar-refractivity contribution in [3.63, 3.8) is 0 Å². The predicted octanol–water partition coefficient (Wildman–Crippen LogP) is -1.70. The number of rotatable bonds is 1. The Kier molecular flexibility index (Phi) is 6.93. The van der Waals surface area contributed by atoms with Crippen LogP contribution in [0.3, 0.4) is 0 Å². The molecule has 0 heterocycles. The fourth-order valence-electron chi connectivity index (χ4n) is 0.393. The molecule has 0 aliphatic heterocycles. The number of hydrogen-bond acceptors (Lipinski definition) is 2. The molecular weight excluding hydrogens is 249 g/mol. The first-order valence-electron chi connectivity index (χ1n) is 2.97. The van der Waals surface area contributed by atoms with Crippen LogP contribution in [0.1, 0.15) is 20.8 Å². The second-order valence-corrected chi connectivity index (χ2v) is 3.89. The Hall–Kier alpha value is 0.573. The minimum atomic E-state index is -0.306. The van der Waals surface area contributed by atoms with Gasteiger partial charge in [0.25, 0.3) is 0 Å². The number of hydrogen-bond donors (Lipinski definition) is 0. The topological polar surface area (TPSA) is 26.3 Å². The zero-order valence-corrected chi connectivity index (χ0v) is 11.2. The fourth-order valence-corrected chi connectivity index (χ4v) is 0.607. The molecule has 0 aromatic rings. The number of halogens is 1. The molecule has 0 rings (SSSR count). The van der Waals surface area contributed by atoms with Crippen molar-refractivity contribution < 1.29 is 44.8 Å². The normalized spacial score (nSPS) is 10.1. The van der Waals surface area contributed by atoms with Gasteiger partial charge in [0.1, 0.15) is 0 Å². The zero-order chi connectivity index (χ0) is 7.49. The van der Waals surface area contributed by atoms with Crippen LogP contribution in [0.4, 0.5) is 0 Å². The van der Waals surface area contributed by atoms with E-state index in [2.05, 4.69) is 0 Å². The van der Waals surface area contributed by atoms with Gasteiger partial charge >= 0.3 is 65.2 Å². The van der Waals surface area contributed by atoms with Crippen LogP contribution in [-0.4, -0.2) is 11.6 Å². The molecule has 0 atom stereocenters. The quantitative estimate of drug-likeness (QED) is 0.415. The third-order valence-electron chi connectivity index (χ3n) is 0.624. The average Bonchev–Trinajstić information content (AvgIpc) is 1.62.